The van der Waals surface area contributed by atoms with Gasteiger partial charge >= 0.3 is 6.03 Å². The predicted octanol–water partition coefficient (Wildman–Crippen LogP) is 3.31. The number of ether oxygens (including phenoxy) is 1. The molecule has 0 unspecified atom stereocenters. The van der Waals surface area contributed by atoms with E-state index in [1.807, 2.05) is 30.3 Å². The van der Waals surface area contributed by atoms with Crippen LogP contribution in [0.5, 0.6) is 0 Å². The summed E-state index contributed by atoms with van der Waals surface area (Å²) >= 11 is 0. The molecule has 2 aromatic carbocycles. The van der Waals surface area contributed by atoms with Crippen molar-refractivity contribution in [3.63, 3.8) is 0 Å². The molecule has 0 spiro atoms. The minimum Gasteiger partial charge on any atom is -0.381 e. The van der Waals surface area contributed by atoms with E-state index in [9.17, 15) is 9.59 Å². The van der Waals surface area contributed by atoms with Crippen LogP contribution in [0.25, 0.3) is 0 Å². The van der Waals surface area contributed by atoms with Gasteiger partial charge in [-0.1, -0.05) is 18.2 Å². The molecule has 1 aliphatic rings. The molecule has 0 bridgehead atoms. The van der Waals surface area contributed by atoms with Crippen molar-refractivity contribution in [3.8, 4) is 0 Å². The molecule has 1 saturated heterocycles. The molecular formula is C18H19N3O3. The lowest BCUT2D eigenvalue weighted by atomic mass is 10.1. The van der Waals surface area contributed by atoms with Crippen LogP contribution in [0, 0.1) is 5.92 Å². The predicted molar refractivity (Wildman–Crippen MR) is 93.1 cm³/mol. The fourth-order valence-electron chi connectivity index (χ4n) is 2.44. The Labute approximate surface area is 140 Å². The number of carbonyl (C=O) groups excluding carboxylic acids is 2. The van der Waals surface area contributed by atoms with Gasteiger partial charge < -0.3 is 20.7 Å². The third-order valence-corrected chi connectivity index (χ3v) is 3.74. The van der Waals surface area contributed by atoms with E-state index in [1.54, 1.807) is 24.3 Å². The van der Waals surface area contributed by atoms with E-state index in [0.717, 1.165) is 12.1 Å². The van der Waals surface area contributed by atoms with E-state index in [4.69, 9.17) is 4.74 Å². The lowest BCUT2D eigenvalue weighted by Gasteiger charge is -2.11. The van der Waals surface area contributed by atoms with Crippen LogP contribution in [-0.2, 0) is 9.53 Å². The lowest BCUT2D eigenvalue weighted by Crippen LogP contribution is -2.23. The Morgan fingerprint density at radius 2 is 1.42 bits per heavy atom. The second kappa shape index (κ2) is 7.61. The molecule has 3 amide bonds. The zero-order valence-corrected chi connectivity index (χ0v) is 13.1. The van der Waals surface area contributed by atoms with Gasteiger partial charge in [0.2, 0.25) is 5.91 Å². The molecule has 124 valence electrons. The average molecular weight is 325 g/mol. The molecule has 6 nitrogen and oxygen atoms in total. The second-order valence-corrected chi connectivity index (χ2v) is 5.57. The van der Waals surface area contributed by atoms with Crippen LogP contribution >= 0.6 is 0 Å². The number of para-hydroxylation sites is 1. The number of hydrogen-bond acceptors (Lipinski definition) is 3. The zero-order valence-electron chi connectivity index (χ0n) is 13.1. The van der Waals surface area contributed by atoms with Gasteiger partial charge in [-0.2, -0.15) is 0 Å². The number of anilines is 3. The normalized spacial score (nSPS) is 16.4. The number of carbonyl (C=O) groups is 2. The summed E-state index contributed by atoms with van der Waals surface area (Å²) in [7, 11) is 0. The van der Waals surface area contributed by atoms with Crippen LogP contribution in [0.2, 0.25) is 0 Å². The fraction of sp³-hybridized carbons (Fsp3) is 0.222. The van der Waals surface area contributed by atoms with E-state index in [2.05, 4.69) is 16.0 Å². The van der Waals surface area contributed by atoms with E-state index in [1.165, 1.54) is 0 Å². The maximum Gasteiger partial charge on any atom is 0.323 e. The van der Waals surface area contributed by atoms with Gasteiger partial charge in [0, 0.05) is 23.7 Å². The van der Waals surface area contributed by atoms with Gasteiger partial charge in [-0.25, -0.2) is 4.79 Å². The number of hydrogen-bond donors (Lipinski definition) is 3. The van der Waals surface area contributed by atoms with Gasteiger partial charge in [-0.15, -0.1) is 0 Å². The number of benzene rings is 2. The molecule has 6 heteroatoms. The minimum atomic E-state index is -0.318. The molecule has 1 atom stereocenters. The highest BCUT2D eigenvalue weighted by atomic mass is 16.5. The smallest absolute Gasteiger partial charge is 0.323 e. The summed E-state index contributed by atoms with van der Waals surface area (Å²) in [5.74, 6) is -0.116. The van der Waals surface area contributed by atoms with Gasteiger partial charge in [0.25, 0.3) is 0 Å². The first-order chi connectivity index (χ1) is 11.7. The van der Waals surface area contributed by atoms with Crippen LogP contribution in [0.15, 0.2) is 54.6 Å². The van der Waals surface area contributed by atoms with E-state index in [0.29, 0.717) is 24.6 Å². The standard InChI is InChI=1S/C18H19N3O3/c22-17(13-10-11-24-12-13)19-15-6-8-16(9-7-15)21-18(23)20-14-4-2-1-3-5-14/h1-9,13H,10-12H2,(H,19,22)(H2,20,21,23)/t13-/m1/s1. The summed E-state index contributed by atoms with van der Waals surface area (Å²) < 4.78 is 5.21. The van der Waals surface area contributed by atoms with Gasteiger partial charge in [-0.3, -0.25) is 4.79 Å². The summed E-state index contributed by atoms with van der Waals surface area (Å²) in [6, 6.07) is 15.9. The average Bonchev–Trinajstić information content (AvgIpc) is 3.12. The van der Waals surface area contributed by atoms with E-state index >= 15 is 0 Å². The van der Waals surface area contributed by atoms with Crippen molar-refractivity contribution < 1.29 is 14.3 Å². The Balaban J connectivity index is 1.52. The van der Waals surface area contributed by atoms with E-state index in [-0.39, 0.29) is 17.9 Å². The summed E-state index contributed by atoms with van der Waals surface area (Å²) in [6.07, 6.45) is 0.755. The van der Waals surface area contributed by atoms with Gasteiger partial charge in [-0.05, 0) is 42.8 Å². The summed E-state index contributed by atoms with van der Waals surface area (Å²) in [4.78, 5) is 23.9. The largest absolute Gasteiger partial charge is 0.381 e. The van der Waals surface area contributed by atoms with Crippen molar-refractivity contribution in [2.75, 3.05) is 29.2 Å². The molecule has 24 heavy (non-hydrogen) atoms. The van der Waals surface area contributed by atoms with Crippen LogP contribution < -0.4 is 16.0 Å². The maximum absolute atomic E-state index is 12.0. The molecule has 0 aromatic heterocycles. The first-order valence-electron chi connectivity index (χ1n) is 7.82. The van der Waals surface area contributed by atoms with Crippen molar-refractivity contribution >= 4 is 29.0 Å². The van der Waals surface area contributed by atoms with Crippen molar-refractivity contribution in [1.82, 2.24) is 0 Å². The van der Waals surface area contributed by atoms with Gasteiger partial charge in [0.15, 0.2) is 0 Å². The third-order valence-electron chi connectivity index (χ3n) is 3.74. The third kappa shape index (κ3) is 4.33. The zero-order chi connectivity index (χ0) is 16.8. The van der Waals surface area contributed by atoms with Crippen molar-refractivity contribution in [2.24, 2.45) is 5.92 Å². The Morgan fingerprint density at radius 1 is 0.833 bits per heavy atom. The SMILES string of the molecule is O=C(Nc1ccccc1)Nc1ccc(NC(=O)[C@@H]2CCOC2)cc1. The Morgan fingerprint density at radius 3 is 2.00 bits per heavy atom. The molecule has 0 saturated carbocycles. The molecule has 1 aliphatic heterocycles. The molecule has 3 rings (SSSR count). The van der Waals surface area contributed by atoms with Crippen LogP contribution in [0.4, 0.5) is 21.9 Å². The van der Waals surface area contributed by atoms with Crippen LogP contribution in [0.3, 0.4) is 0 Å². The lowest BCUT2D eigenvalue weighted by molar-refractivity contribution is -0.119. The summed E-state index contributed by atoms with van der Waals surface area (Å²) in [6.45, 7) is 1.11. The molecule has 1 fully saturated rings. The highest BCUT2D eigenvalue weighted by Gasteiger charge is 2.23. The summed E-state index contributed by atoms with van der Waals surface area (Å²) in [5.41, 5.74) is 2.06. The number of amides is 3. The highest BCUT2D eigenvalue weighted by molar-refractivity contribution is 6.00. The maximum atomic E-state index is 12.0. The molecule has 2 aromatic rings. The van der Waals surface area contributed by atoms with Crippen LogP contribution in [-0.4, -0.2) is 25.2 Å². The molecule has 3 N–H and O–H groups in total. The van der Waals surface area contributed by atoms with Crippen LogP contribution in [0.1, 0.15) is 6.42 Å². The molecule has 0 aliphatic carbocycles. The fourth-order valence-corrected chi connectivity index (χ4v) is 2.44. The molecule has 1 heterocycles. The van der Waals surface area contributed by atoms with Crippen molar-refractivity contribution in [1.29, 1.82) is 0 Å². The van der Waals surface area contributed by atoms with Crippen molar-refractivity contribution in [3.05, 3.63) is 54.6 Å². The number of nitrogens with one attached hydrogen (secondary N) is 3. The van der Waals surface area contributed by atoms with Crippen molar-refractivity contribution in [2.45, 2.75) is 6.42 Å². The topological polar surface area (TPSA) is 79.5 Å². The first kappa shape index (κ1) is 16.0. The quantitative estimate of drug-likeness (QED) is 0.807. The Kier molecular flexibility index (Phi) is 5.08. The summed E-state index contributed by atoms with van der Waals surface area (Å²) in [5, 5.41) is 8.34. The monoisotopic (exact) mass is 325 g/mol. The number of urea groups is 1. The molecular weight excluding hydrogens is 306 g/mol. The Bertz CT molecular complexity index is 695. The van der Waals surface area contributed by atoms with Gasteiger partial charge in [0.1, 0.15) is 0 Å². The highest BCUT2D eigenvalue weighted by Crippen LogP contribution is 2.18. The van der Waals surface area contributed by atoms with Gasteiger partial charge in [0.05, 0.1) is 12.5 Å². The first-order valence-corrected chi connectivity index (χ1v) is 7.82. The minimum absolute atomic E-state index is 0.0324. The second-order valence-electron chi connectivity index (χ2n) is 5.57. The van der Waals surface area contributed by atoms with E-state index < -0.39 is 0 Å². The molecule has 0 radical (unpaired) electrons. The number of rotatable bonds is 4. The Hall–Kier alpha value is -2.86.